The Bertz CT molecular complexity index is 1120. The maximum Gasteiger partial charge on any atom is 0.228 e. The third kappa shape index (κ3) is 3.55. The second-order valence-corrected chi connectivity index (χ2v) is 6.49. The number of nitrogens with one attached hydrogen (secondary N) is 1. The molecule has 2 heterocycles. The summed E-state index contributed by atoms with van der Waals surface area (Å²) in [6.07, 6.45) is 3.46. The van der Waals surface area contributed by atoms with Crippen molar-refractivity contribution in [1.29, 1.82) is 0 Å². The molecule has 0 fully saturated rings. The van der Waals surface area contributed by atoms with Crippen LogP contribution in [-0.2, 0) is 0 Å². The molecule has 0 aliphatic rings. The van der Waals surface area contributed by atoms with E-state index in [1.807, 2.05) is 49.4 Å². The van der Waals surface area contributed by atoms with E-state index < -0.39 is 0 Å². The first-order valence-corrected chi connectivity index (χ1v) is 8.81. The van der Waals surface area contributed by atoms with E-state index in [9.17, 15) is 0 Å². The average molecular weight is 377 g/mol. The van der Waals surface area contributed by atoms with Crippen molar-refractivity contribution in [2.24, 2.45) is 0 Å². The zero-order valence-corrected chi connectivity index (χ0v) is 15.7. The first-order chi connectivity index (χ1) is 13.1. The molecule has 0 saturated carbocycles. The molecule has 0 saturated heterocycles. The molecule has 134 valence electrons. The lowest BCUT2D eigenvalue weighted by molar-refractivity contribution is 0.415. The van der Waals surface area contributed by atoms with Gasteiger partial charge < -0.3 is 10.1 Å². The maximum atomic E-state index is 6.13. The Morgan fingerprint density at radius 2 is 1.81 bits per heavy atom. The maximum absolute atomic E-state index is 6.13. The molecule has 0 atom stereocenters. The highest BCUT2D eigenvalue weighted by Gasteiger charge is 2.09. The molecule has 0 radical (unpaired) electrons. The van der Waals surface area contributed by atoms with Crippen molar-refractivity contribution < 1.29 is 4.74 Å². The number of methoxy groups -OCH3 is 1. The predicted molar refractivity (Wildman–Crippen MR) is 109 cm³/mol. The molecule has 0 bridgehead atoms. The molecule has 4 aromatic rings. The first kappa shape index (κ1) is 17.2. The smallest absolute Gasteiger partial charge is 0.228 e. The van der Waals surface area contributed by atoms with Gasteiger partial charge in [0.15, 0.2) is 0 Å². The highest BCUT2D eigenvalue weighted by molar-refractivity contribution is 6.32. The topological polar surface area (TPSA) is 59.9 Å². The van der Waals surface area contributed by atoms with Gasteiger partial charge in [-0.2, -0.15) is 0 Å². The summed E-state index contributed by atoms with van der Waals surface area (Å²) in [5.74, 6) is 1.20. The van der Waals surface area contributed by atoms with Crippen molar-refractivity contribution in [3.63, 3.8) is 0 Å². The minimum atomic E-state index is 0.550. The Balaban J connectivity index is 1.73. The molecular weight excluding hydrogens is 360 g/mol. The Labute approximate surface area is 162 Å². The van der Waals surface area contributed by atoms with E-state index in [0.717, 1.165) is 33.4 Å². The van der Waals surface area contributed by atoms with Crippen molar-refractivity contribution >= 4 is 34.1 Å². The fourth-order valence-electron chi connectivity index (χ4n) is 2.92. The van der Waals surface area contributed by atoms with Crippen LogP contribution in [0.15, 0.2) is 60.9 Å². The summed E-state index contributed by atoms with van der Waals surface area (Å²) in [5, 5.41) is 4.78. The van der Waals surface area contributed by atoms with Crippen LogP contribution in [0.25, 0.3) is 22.0 Å². The molecule has 5 nitrogen and oxygen atoms in total. The summed E-state index contributed by atoms with van der Waals surface area (Å²) in [4.78, 5) is 13.3. The standard InChI is InChI=1S/C21H17ClN4O/c1-13-17-10-14(15-5-7-18(22)20(11-15)27-2)6-8-19(17)26-21(24-13)25-16-4-3-9-23-12-16/h3-12H,1-2H3,(H,24,25,26). The van der Waals surface area contributed by atoms with Crippen molar-refractivity contribution in [1.82, 2.24) is 15.0 Å². The second-order valence-electron chi connectivity index (χ2n) is 6.08. The molecule has 27 heavy (non-hydrogen) atoms. The van der Waals surface area contributed by atoms with Crippen LogP contribution in [0.2, 0.25) is 5.02 Å². The van der Waals surface area contributed by atoms with Crippen LogP contribution in [0, 0.1) is 6.92 Å². The largest absolute Gasteiger partial charge is 0.495 e. The lowest BCUT2D eigenvalue weighted by Gasteiger charge is -2.10. The van der Waals surface area contributed by atoms with Crippen LogP contribution in [0.5, 0.6) is 5.75 Å². The van der Waals surface area contributed by atoms with Gasteiger partial charge in [0.2, 0.25) is 5.95 Å². The van der Waals surface area contributed by atoms with Gasteiger partial charge in [-0.05, 0) is 54.4 Å². The molecule has 0 aliphatic carbocycles. The zero-order valence-electron chi connectivity index (χ0n) is 14.9. The zero-order chi connectivity index (χ0) is 18.8. The predicted octanol–water partition coefficient (Wildman–Crippen LogP) is 5.41. The number of ether oxygens (including phenoxy) is 1. The third-order valence-corrected chi connectivity index (χ3v) is 4.60. The van der Waals surface area contributed by atoms with E-state index in [1.165, 1.54) is 0 Å². The number of nitrogens with zero attached hydrogens (tertiary/aromatic N) is 3. The quantitative estimate of drug-likeness (QED) is 0.516. The highest BCUT2D eigenvalue weighted by atomic mass is 35.5. The number of benzene rings is 2. The average Bonchev–Trinajstić information content (AvgIpc) is 2.69. The van der Waals surface area contributed by atoms with Crippen LogP contribution in [0.3, 0.4) is 0 Å². The van der Waals surface area contributed by atoms with Gasteiger partial charge in [0, 0.05) is 11.6 Å². The number of hydrogen-bond acceptors (Lipinski definition) is 5. The van der Waals surface area contributed by atoms with Crippen LogP contribution in [-0.4, -0.2) is 22.1 Å². The van der Waals surface area contributed by atoms with E-state index in [2.05, 4.69) is 26.3 Å². The van der Waals surface area contributed by atoms with E-state index in [1.54, 1.807) is 19.5 Å². The number of aromatic nitrogens is 3. The molecule has 4 rings (SSSR count). The molecule has 6 heteroatoms. The Morgan fingerprint density at radius 3 is 2.59 bits per heavy atom. The molecule has 2 aromatic heterocycles. The van der Waals surface area contributed by atoms with Crippen LogP contribution < -0.4 is 10.1 Å². The number of halogens is 1. The van der Waals surface area contributed by atoms with Gasteiger partial charge in [-0.3, -0.25) is 4.98 Å². The van der Waals surface area contributed by atoms with E-state index in [-0.39, 0.29) is 0 Å². The van der Waals surface area contributed by atoms with Gasteiger partial charge in [0.05, 0.1) is 35.2 Å². The van der Waals surface area contributed by atoms with Gasteiger partial charge in [0.25, 0.3) is 0 Å². The van der Waals surface area contributed by atoms with Crippen molar-refractivity contribution in [2.75, 3.05) is 12.4 Å². The third-order valence-electron chi connectivity index (χ3n) is 4.29. The van der Waals surface area contributed by atoms with Gasteiger partial charge in [-0.1, -0.05) is 23.7 Å². The molecular formula is C21H17ClN4O. The monoisotopic (exact) mass is 376 g/mol. The van der Waals surface area contributed by atoms with Crippen LogP contribution in [0.4, 0.5) is 11.6 Å². The Morgan fingerprint density at radius 1 is 1.00 bits per heavy atom. The summed E-state index contributed by atoms with van der Waals surface area (Å²) < 4.78 is 5.32. The minimum Gasteiger partial charge on any atom is -0.495 e. The number of fused-ring (bicyclic) bond motifs is 1. The normalized spacial score (nSPS) is 10.8. The van der Waals surface area contributed by atoms with E-state index in [4.69, 9.17) is 16.3 Å². The van der Waals surface area contributed by atoms with Gasteiger partial charge in [-0.25, -0.2) is 9.97 Å². The molecule has 0 aliphatic heterocycles. The summed E-state index contributed by atoms with van der Waals surface area (Å²) in [5.41, 5.74) is 4.70. The van der Waals surface area contributed by atoms with Gasteiger partial charge >= 0.3 is 0 Å². The minimum absolute atomic E-state index is 0.550. The number of anilines is 2. The molecule has 0 amide bonds. The van der Waals surface area contributed by atoms with Crippen molar-refractivity contribution in [2.45, 2.75) is 6.92 Å². The number of pyridine rings is 1. The highest BCUT2D eigenvalue weighted by Crippen LogP contribution is 2.32. The summed E-state index contributed by atoms with van der Waals surface area (Å²) >= 11 is 6.13. The molecule has 0 unspecified atom stereocenters. The van der Waals surface area contributed by atoms with Crippen molar-refractivity contribution in [3.8, 4) is 16.9 Å². The lowest BCUT2D eigenvalue weighted by atomic mass is 10.0. The van der Waals surface area contributed by atoms with E-state index >= 15 is 0 Å². The molecule has 1 N–H and O–H groups in total. The fourth-order valence-corrected chi connectivity index (χ4v) is 3.12. The van der Waals surface area contributed by atoms with Gasteiger partial charge in [0.1, 0.15) is 5.75 Å². The number of hydrogen-bond donors (Lipinski definition) is 1. The van der Waals surface area contributed by atoms with Crippen molar-refractivity contribution in [3.05, 3.63) is 71.6 Å². The van der Waals surface area contributed by atoms with Crippen LogP contribution in [0.1, 0.15) is 5.69 Å². The first-order valence-electron chi connectivity index (χ1n) is 8.43. The number of rotatable bonds is 4. The number of aryl methyl sites for hydroxylation is 1. The Kier molecular flexibility index (Phi) is 4.60. The summed E-state index contributed by atoms with van der Waals surface area (Å²) in [6, 6.07) is 15.6. The SMILES string of the molecule is COc1cc(-c2ccc3nc(Nc4cccnc4)nc(C)c3c2)ccc1Cl. The Hall–Kier alpha value is -3.18. The molecule has 0 spiro atoms. The van der Waals surface area contributed by atoms with E-state index in [0.29, 0.717) is 16.7 Å². The summed E-state index contributed by atoms with van der Waals surface area (Å²) in [7, 11) is 1.61. The summed E-state index contributed by atoms with van der Waals surface area (Å²) in [6.45, 7) is 1.98. The lowest BCUT2D eigenvalue weighted by Crippen LogP contribution is -2.00. The second kappa shape index (κ2) is 7.21. The van der Waals surface area contributed by atoms with Gasteiger partial charge in [-0.15, -0.1) is 0 Å². The van der Waals surface area contributed by atoms with Crippen LogP contribution >= 0.6 is 11.6 Å². The fraction of sp³-hybridized carbons (Fsp3) is 0.0952. The molecule has 2 aromatic carbocycles.